The molecule has 0 radical (unpaired) electrons. The van der Waals surface area contributed by atoms with E-state index in [2.05, 4.69) is 83.6 Å². The van der Waals surface area contributed by atoms with Crippen molar-refractivity contribution in [1.29, 1.82) is 5.41 Å². The highest BCUT2D eigenvalue weighted by molar-refractivity contribution is 7.16. The second-order valence-corrected chi connectivity index (χ2v) is 11.9. The van der Waals surface area contributed by atoms with E-state index in [-0.39, 0.29) is 11.8 Å². The Bertz CT molecular complexity index is 1550. The summed E-state index contributed by atoms with van der Waals surface area (Å²) in [6.45, 7) is 24.1. The molecule has 8 heteroatoms. The Morgan fingerprint density at radius 2 is 1.70 bits per heavy atom. The van der Waals surface area contributed by atoms with Gasteiger partial charge in [0.25, 0.3) is 0 Å². The Morgan fingerprint density at radius 1 is 1.02 bits per heavy atom. The van der Waals surface area contributed by atoms with Crippen LogP contribution in [0, 0.1) is 5.41 Å². The summed E-state index contributed by atoms with van der Waals surface area (Å²) in [4.78, 5) is 3.60. The van der Waals surface area contributed by atoms with Crippen molar-refractivity contribution in [3.8, 4) is 0 Å². The normalized spacial score (nSPS) is 14.9. The zero-order chi connectivity index (χ0) is 31.1. The first-order valence-corrected chi connectivity index (χ1v) is 15.3. The van der Waals surface area contributed by atoms with Crippen molar-refractivity contribution in [3.63, 3.8) is 0 Å². The summed E-state index contributed by atoms with van der Waals surface area (Å²) >= 11 is 1.61. The van der Waals surface area contributed by atoms with Gasteiger partial charge in [-0.1, -0.05) is 75.7 Å². The Labute approximate surface area is 259 Å². The second kappa shape index (κ2) is 14.2. The molecule has 7 nitrogen and oxygen atoms in total. The zero-order valence-corrected chi connectivity index (χ0v) is 26.2. The summed E-state index contributed by atoms with van der Waals surface area (Å²) in [6.07, 6.45) is 1.78. The van der Waals surface area contributed by atoms with Crippen LogP contribution in [0.1, 0.15) is 53.9 Å². The van der Waals surface area contributed by atoms with Crippen LogP contribution in [-0.2, 0) is 19.4 Å². The van der Waals surface area contributed by atoms with Crippen LogP contribution in [0.15, 0.2) is 103 Å². The van der Waals surface area contributed by atoms with E-state index in [0.29, 0.717) is 29.4 Å². The predicted octanol–water partition coefficient (Wildman–Crippen LogP) is 8.05. The molecule has 1 atom stereocenters. The van der Waals surface area contributed by atoms with Gasteiger partial charge in [-0.25, -0.2) is 0 Å². The van der Waals surface area contributed by atoms with E-state index in [1.54, 1.807) is 18.3 Å². The van der Waals surface area contributed by atoms with Gasteiger partial charge in [-0.3, -0.25) is 10.3 Å². The van der Waals surface area contributed by atoms with Gasteiger partial charge in [-0.05, 0) is 61.1 Å². The molecule has 4 rings (SSSR count). The van der Waals surface area contributed by atoms with E-state index in [0.717, 1.165) is 58.2 Å². The largest absolute Gasteiger partial charge is 0.508 e. The summed E-state index contributed by atoms with van der Waals surface area (Å²) in [5.74, 6) is 0.0371. The molecular weight excluding hydrogens is 552 g/mol. The van der Waals surface area contributed by atoms with Gasteiger partial charge in [0.1, 0.15) is 16.5 Å². The first kappa shape index (κ1) is 31.5. The summed E-state index contributed by atoms with van der Waals surface area (Å²) in [5, 5.41) is 31.2. The highest BCUT2D eigenvalue weighted by Gasteiger charge is 2.34. The lowest BCUT2D eigenvalue weighted by molar-refractivity contribution is 0.178. The van der Waals surface area contributed by atoms with Crippen LogP contribution in [0.2, 0.25) is 0 Å². The van der Waals surface area contributed by atoms with Crippen LogP contribution in [0.25, 0.3) is 5.76 Å². The van der Waals surface area contributed by atoms with Gasteiger partial charge >= 0.3 is 0 Å². The second-order valence-electron chi connectivity index (χ2n) is 10.8. The fraction of sp³-hybridized carbons (Fsp3) is 0.257. The number of nitrogens with one attached hydrogen (secondary N) is 4. The number of hydrogen-bond donors (Lipinski definition) is 5. The minimum absolute atomic E-state index is 0.0301. The maximum absolute atomic E-state index is 10.7. The number of hydrazone groups is 1. The van der Waals surface area contributed by atoms with Gasteiger partial charge in [0.05, 0.1) is 28.7 Å². The third-order valence-electron chi connectivity index (χ3n) is 7.54. The molecule has 0 fully saturated rings. The molecule has 0 amide bonds. The van der Waals surface area contributed by atoms with Crippen molar-refractivity contribution >= 4 is 39.2 Å². The highest BCUT2D eigenvalue weighted by Crippen LogP contribution is 2.45. The fourth-order valence-electron chi connectivity index (χ4n) is 5.05. The molecule has 1 unspecified atom stereocenters. The maximum atomic E-state index is 10.7. The summed E-state index contributed by atoms with van der Waals surface area (Å²) < 4.78 is 0. The molecule has 2 aromatic carbocycles. The molecular formula is C35H42N6OS. The van der Waals surface area contributed by atoms with Crippen LogP contribution in [0.5, 0.6) is 0 Å². The average Bonchev–Trinajstić information content (AvgIpc) is 3.35. The number of hydrogen-bond acceptors (Lipinski definition) is 8. The summed E-state index contributed by atoms with van der Waals surface area (Å²) in [5.41, 5.74) is 11.1. The predicted molar refractivity (Wildman–Crippen MR) is 184 cm³/mol. The first-order valence-electron chi connectivity index (χ1n) is 14.4. The minimum atomic E-state index is -0.0301. The number of aryl methyl sites for hydroxylation is 1. The third kappa shape index (κ3) is 7.71. The summed E-state index contributed by atoms with van der Waals surface area (Å²) in [7, 11) is 0. The molecule has 1 aliphatic rings. The number of fused-ring (bicyclic) bond motifs is 1. The van der Waals surface area contributed by atoms with Gasteiger partial charge in [0, 0.05) is 30.2 Å². The van der Waals surface area contributed by atoms with Crippen LogP contribution in [0.4, 0.5) is 10.7 Å². The van der Waals surface area contributed by atoms with Crippen molar-refractivity contribution in [2.75, 3.05) is 23.8 Å². The zero-order valence-electron chi connectivity index (χ0n) is 25.4. The van der Waals surface area contributed by atoms with Gasteiger partial charge < -0.3 is 21.1 Å². The highest BCUT2D eigenvalue weighted by atomic mass is 32.1. The van der Waals surface area contributed by atoms with Crippen LogP contribution >= 0.6 is 11.3 Å². The Morgan fingerprint density at radius 3 is 2.30 bits per heavy atom. The molecule has 0 bridgehead atoms. The van der Waals surface area contributed by atoms with Crippen LogP contribution in [0.3, 0.4) is 0 Å². The van der Waals surface area contributed by atoms with Gasteiger partial charge in [-0.15, -0.1) is 11.3 Å². The number of aliphatic hydroxyl groups is 1. The van der Waals surface area contributed by atoms with Crippen molar-refractivity contribution in [2.24, 2.45) is 5.10 Å². The topological polar surface area (TPSA) is 95.8 Å². The lowest BCUT2D eigenvalue weighted by Crippen LogP contribution is -2.40. The van der Waals surface area contributed by atoms with E-state index in [1.165, 1.54) is 11.1 Å². The molecule has 1 aromatic heterocycles. The molecule has 2 heterocycles. The standard InChI is InChI=1S/C35H42N6OS/c1-8-27-14-16-28(17-15-27)21-41-19-18-30-32(26(7)42)35(38-24(5)22(2)3)43-34(30)31(41)20-37-25(6)33(23(4)36)40-39-29-12-10-9-11-13-29/h9-17,31,36-39,42H,2,5-8,18-21H2,1,3-4H3/b36-23?,40-33+. The van der Waals surface area contributed by atoms with Crippen LogP contribution in [-0.4, -0.2) is 34.5 Å². The average molecular weight is 595 g/mol. The number of anilines is 2. The van der Waals surface area contributed by atoms with Gasteiger partial charge in [0.2, 0.25) is 0 Å². The van der Waals surface area contributed by atoms with E-state index >= 15 is 0 Å². The van der Waals surface area contributed by atoms with Crippen LogP contribution < -0.4 is 16.1 Å². The Kier molecular flexibility index (Phi) is 10.4. The molecule has 224 valence electrons. The van der Waals surface area contributed by atoms with Gasteiger partial charge in [0.15, 0.2) is 0 Å². The summed E-state index contributed by atoms with van der Waals surface area (Å²) in [6, 6.07) is 18.4. The number of aliphatic hydroxyl groups excluding tert-OH is 1. The number of benzene rings is 2. The number of thiophene rings is 1. The molecule has 0 aliphatic carbocycles. The Balaban J connectivity index is 1.65. The lowest BCUT2D eigenvalue weighted by Gasteiger charge is -2.36. The van der Waals surface area contributed by atoms with E-state index in [9.17, 15) is 5.11 Å². The van der Waals surface area contributed by atoms with E-state index in [4.69, 9.17) is 5.41 Å². The number of rotatable bonds is 14. The quantitative estimate of drug-likeness (QED) is 0.0563. The van der Waals surface area contributed by atoms with Crippen molar-refractivity contribution in [3.05, 3.63) is 125 Å². The molecule has 3 aromatic rings. The molecule has 0 saturated carbocycles. The number of allylic oxidation sites excluding steroid dienone is 2. The number of nitrogens with zero attached hydrogens (tertiary/aromatic N) is 2. The fourth-order valence-corrected chi connectivity index (χ4v) is 6.49. The first-order chi connectivity index (χ1) is 20.6. The van der Waals surface area contributed by atoms with Crippen molar-refractivity contribution in [1.82, 2.24) is 10.2 Å². The minimum Gasteiger partial charge on any atom is -0.508 e. The van der Waals surface area contributed by atoms with E-state index in [1.807, 2.05) is 37.3 Å². The van der Waals surface area contributed by atoms with Crippen molar-refractivity contribution in [2.45, 2.75) is 46.2 Å². The third-order valence-corrected chi connectivity index (χ3v) is 8.78. The molecule has 1 aliphatic heterocycles. The van der Waals surface area contributed by atoms with Crippen molar-refractivity contribution < 1.29 is 5.11 Å². The molecule has 0 saturated heterocycles. The number of para-hydroxylation sites is 1. The molecule has 5 N–H and O–H groups in total. The smallest absolute Gasteiger partial charge is 0.126 e. The SMILES string of the molecule is C=C(C)C(=C)Nc1sc2c(c1C(=C)O)CCN(Cc1ccc(CC)cc1)C2CNC(=C)/C(=N/Nc1ccccc1)C(C)=N. The molecule has 43 heavy (non-hydrogen) atoms. The van der Waals surface area contributed by atoms with Gasteiger partial charge in [-0.2, -0.15) is 5.10 Å². The monoisotopic (exact) mass is 594 g/mol. The maximum Gasteiger partial charge on any atom is 0.126 e. The van der Waals surface area contributed by atoms with E-state index < -0.39 is 0 Å². The lowest BCUT2D eigenvalue weighted by atomic mass is 9.95. The molecule has 0 spiro atoms. The Hall–Kier alpha value is -4.40.